The van der Waals surface area contributed by atoms with Gasteiger partial charge in [0.1, 0.15) is 11.6 Å². The summed E-state index contributed by atoms with van der Waals surface area (Å²) in [4.78, 5) is 17.7. The molecule has 3 heterocycles. The van der Waals surface area contributed by atoms with Gasteiger partial charge in [-0.2, -0.15) is 10.2 Å². The molecule has 0 saturated heterocycles. The molecule has 0 saturated carbocycles. The highest BCUT2D eigenvalue weighted by Gasteiger charge is 2.17. The number of halogens is 2. The fraction of sp³-hybridized carbons (Fsp3) is 0. The van der Waals surface area contributed by atoms with Crippen LogP contribution in [0.5, 0.6) is 0 Å². The van der Waals surface area contributed by atoms with Gasteiger partial charge in [0, 0.05) is 6.07 Å². The number of nitrogens with zero attached hydrogens (tertiary/aromatic N) is 5. The van der Waals surface area contributed by atoms with Gasteiger partial charge in [-0.1, -0.05) is 5.16 Å². The van der Waals surface area contributed by atoms with Crippen molar-refractivity contribution in [3.05, 3.63) is 72.3 Å². The molecule has 0 fully saturated rings. The maximum atomic E-state index is 13.8. The predicted octanol–water partition coefficient (Wildman–Crippen LogP) is 2.85. The van der Waals surface area contributed by atoms with Gasteiger partial charge in [-0.25, -0.2) is 13.8 Å². The molecular formula is C17H10F2N6O2. The first-order valence-electron chi connectivity index (χ1n) is 7.66. The summed E-state index contributed by atoms with van der Waals surface area (Å²) in [6, 6.07) is 7.36. The van der Waals surface area contributed by atoms with Crippen molar-refractivity contribution in [2.24, 2.45) is 0 Å². The van der Waals surface area contributed by atoms with Gasteiger partial charge in [-0.15, -0.1) is 4.80 Å². The second kappa shape index (κ2) is 6.75. The zero-order valence-corrected chi connectivity index (χ0v) is 13.5. The van der Waals surface area contributed by atoms with Gasteiger partial charge in [0.25, 0.3) is 5.91 Å². The van der Waals surface area contributed by atoms with Crippen molar-refractivity contribution >= 4 is 11.6 Å². The fourth-order valence-electron chi connectivity index (χ4n) is 2.30. The van der Waals surface area contributed by atoms with Crippen LogP contribution >= 0.6 is 0 Å². The van der Waals surface area contributed by atoms with Gasteiger partial charge in [-0.3, -0.25) is 4.79 Å². The molecule has 4 aromatic rings. The molecule has 1 amide bonds. The van der Waals surface area contributed by atoms with Crippen LogP contribution in [0.4, 0.5) is 14.5 Å². The van der Waals surface area contributed by atoms with Crippen LogP contribution in [0.2, 0.25) is 0 Å². The molecule has 0 atom stereocenters. The van der Waals surface area contributed by atoms with Gasteiger partial charge < -0.3 is 9.84 Å². The van der Waals surface area contributed by atoms with Crippen LogP contribution in [0.3, 0.4) is 0 Å². The molecule has 0 aliphatic rings. The molecule has 0 radical (unpaired) electrons. The number of anilines is 1. The van der Waals surface area contributed by atoms with Gasteiger partial charge >= 0.3 is 0 Å². The van der Waals surface area contributed by atoms with E-state index in [9.17, 15) is 13.6 Å². The lowest BCUT2D eigenvalue weighted by Gasteiger charge is -2.03. The van der Waals surface area contributed by atoms with E-state index in [2.05, 4.69) is 25.7 Å². The molecule has 1 aromatic carbocycles. The number of aromatic nitrogens is 5. The molecular weight excluding hydrogens is 358 g/mol. The summed E-state index contributed by atoms with van der Waals surface area (Å²) < 4.78 is 32.0. The third kappa shape index (κ3) is 3.40. The molecule has 10 heteroatoms. The van der Waals surface area contributed by atoms with E-state index in [4.69, 9.17) is 4.52 Å². The summed E-state index contributed by atoms with van der Waals surface area (Å²) in [5, 5.41) is 14.1. The molecule has 0 bridgehead atoms. The number of hydrogen-bond acceptors (Lipinski definition) is 6. The fourth-order valence-corrected chi connectivity index (χ4v) is 2.30. The van der Waals surface area contributed by atoms with Crippen molar-refractivity contribution in [3.63, 3.8) is 0 Å². The third-order valence-electron chi connectivity index (χ3n) is 3.57. The van der Waals surface area contributed by atoms with Crippen LogP contribution in [0.1, 0.15) is 10.5 Å². The molecule has 4 rings (SSSR count). The van der Waals surface area contributed by atoms with Gasteiger partial charge in [-0.05, 0) is 30.3 Å². The van der Waals surface area contributed by atoms with Crippen molar-refractivity contribution in [2.75, 3.05) is 5.32 Å². The molecule has 1 N–H and O–H groups in total. The van der Waals surface area contributed by atoms with Crippen LogP contribution in [-0.2, 0) is 0 Å². The number of carbonyl (C=O) groups excluding carboxylic acids is 1. The van der Waals surface area contributed by atoms with Gasteiger partial charge in [0.15, 0.2) is 17.3 Å². The van der Waals surface area contributed by atoms with Crippen molar-refractivity contribution < 1.29 is 18.1 Å². The summed E-state index contributed by atoms with van der Waals surface area (Å²) in [6.45, 7) is 0. The van der Waals surface area contributed by atoms with E-state index in [1.54, 1.807) is 12.1 Å². The zero-order chi connectivity index (χ0) is 18.8. The third-order valence-corrected chi connectivity index (χ3v) is 3.57. The number of carbonyl (C=O) groups is 1. The average molecular weight is 368 g/mol. The molecule has 3 aromatic heterocycles. The van der Waals surface area contributed by atoms with Crippen molar-refractivity contribution in [3.8, 4) is 17.1 Å². The summed E-state index contributed by atoms with van der Waals surface area (Å²) in [6.07, 6.45) is 4.45. The SMILES string of the molecule is O=C(Nc1ccc(-n2nccn2)nc1)c1cc(-c2cc(F)ccc2F)on1. The van der Waals surface area contributed by atoms with Crippen LogP contribution in [0, 0.1) is 11.6 Å². The van der Waals surface area contributed by atoms with E-state index in [0.717, 1.165) is 18.2 Å². The van der Waals surface area contributed by atoms with E-state index in [-0.39, 0.29) is 17.0 Å². The Morgan fingerprint density at radius 1 is 1.07 bits per heavy atom. The van der Waals surface area contributed by atoms with Gasteiger partial charge in [0.2, 0.25) is 0 Å². The Bertz CT molecular complexity index is 1090. The topological polar surface area (TPSA) is 98.7 Å². The largest absolute Gasteiger partial charge is 0.355 e. The lowest BCUT2D eigenvalue weighted by molar-refractivity contribution is 0.101. The first kappa shape index (κ1) is 16.5. The molecule has 27 heavy (non-hydrogen) atoms. The van der Waals surface area contributed by atoms with E-state index in [1.165, 1.54) is 29.5 Å². The number of pyridine rings is 1. The molecule has 0 spiro atoms. The summed E-state index contributed by atoms with van der Waals surface area (Å²) in [5.74, 6) is -1.49. The highest BCUT2D eigenvalue weighted by Crippen LogP contribution is 2.24. The quantitative estimate of drug-likeness (QED) is 0.595. The minimum absolute atomic E-state index is 0.0598. The lowest BCUT2D eigenvalue weighted by atomic mass is 10.1. The Labute approximate surface area is 150 Å². The normalized spacial score (nSPS) is 10.7. The lowest BCUT2D eigenvalue weighted by Crippen LogP contribution is -2.12. The average Bonchev–Trinajstić information content (AvgIpc) is 3.36. The van der Waals surface area contributed by atoms with Crippen molar-refractivity contribution in [1.29, 1.82) is 0 Å². The summed E-state index contributed by atoms with van der Waals surface area (Å²) in [5.41, 5.74) is 0.183. The number of amides is 1. The predicted molar refractivity (Wildman–Crippen MR) is 89.0 cm³/mol. The van der Waals surface area contributed by atoms with Crippen LogP contribution in [-0.4, -0.2) is 31.0 Å². The first-order valence-corrected chi connectivity index (χ1v) is 7.66. The summed E-state index contributed by atoms with van der Waals surface area (Å²) >= 11 is 0. The molecule has 0 unspecified atom stereocenters. The Hall–Kier alpha value is -3.95. The molecule has 0 aliphatic heterocycles. The minimum atomic E-state index is -0.688. The maximum absolute atomic E-state index is 13.8. The van der Waals surface area contributed by atoms with Crippen molar-refractivity contribution in [1.82, 2.24) is 25.1 Å². The van der Waals surface area contributed by atoms with E-state index >= 15 is 0 Å². The Morgan fingerprint density at radius 3 is 2.63 bits per heavy atom. The maximum Gasteiger partial charge on any atom is 0.277 e. The molecule has 134 valence electrons. The Morgan fingerprint density at radius 2 is 1.89 bits per heavy atom. The van der Waals surface area contributed by atoms with Gasteiger partial charge in [0.05, 0.1) is 29.8 Å². The number of benzene rings is 1. The minimum Gasteiger partial charge on any atom is -0.355 e. The first-order chi connectivity index (χ1) is 13.1. The number of hydrogen-bond donors (Lipinski definition) is 1. The second-order valence-electron chi connectivity index (χ2n) is 5.38. The zero-order valence-electron chi connectivity index (χ0n) is 13.5. The monoisotopic (exact) mass is 368 g/mol. The summed E-state index contributed by atoms with van der Waals surface area (Å²) in [7, 11) is 0. The van der Waals surface area contributed by atoms with E-state index < -0.39 is 17.5 Å². The van der Waals surface area contributed by atoms with Crippen molar-refractivity contribution in [2.45, 2.75) is 0 Å². The van der Waals surface area contributed by atoms with E-state index in [0.29, 0.717) is 11.5 Å². The Kier molecular flexibility index (Phi) is 4.13. The molecule has 0 aliphatic carbocycles. The van der Waals surface area contributed by atoms with Crippen LogP contribution < -0.4 is 5.32 Å². The van der Waals surface area contributed by atoms with Crippen LogP contribution in [0.25, 0.3) is 17.1 Å². The van der Waals surface area contributed by atoms with Crippen LogP contribution in [0.15, 0.2) is 59.5 Å². The number of rotatable bonds is 4. The standard InChI is InChI=1S/C17H10F2N6O2/c18-10-1-3-13(19)12(7-10)15-8-14(24-27-15)17(26)23-11-2-4-16(20-9-11)25-21-5-6-22-25/h1-9H,(H,23,26). The second-order valence-corrected chi connectivity index (χ2v) is 5.38. The molecule has 8 nitrogen and oxygen atoms in total. The highest BCUT2D eigenvalue weighted by molar-refractivity contribution is 6.03. The Balaban J connectivity index is 1.51. The van der Waals surface area contributed by atoms with E-state index in [1.807, 2.05) is 0 Å². The highest BCUT2D eigenvalue weighted by atomic mass is 19.1. The number of nitrogens with one attached hydrogen (secondary N) is 1. The smallest absolute Gasteiger partial charge is 0.277 e.